The lowest BCUT2D eigenvalue weighted by Crippen LogP contribution is -2.23. The fourth-order valence-electron chi connectivity index (χ4n) is 3.38. The summed E-state index contributed by atoms with van der Waals surface area (Å²) in [5.41, 5.74) is 1.81. The number of hydrogen-bond donors (Lipinski definition) is 1. The number of fused-ring (bicyclic) bond motifs is 1. The maximum Gasteiger partial charge on any atom is 0.417 e. The SMILES string of the molecule is Cc1noc(C)c1-c1cc(-c2ccccc2C(F)(F)F)c2c(c1)[nH]c[n+]2[O-]. The maximum atomic E-state index is 13.5. The standard InChI is InChI=1S/C19H14F3N3O2/c1-10-17(11(2)27-24-10)12-7-14(18-16(8-12)23-9-25(18)26)13-5-3-4-6-15(13)19(20,21)22/h3-9,23H,1-2H3. The van der Waals surface area contributed by atoms with Crippen molar-refractivity contribution in [3.8, 4) is 22.3 Å². The van der Waals surface area contributed by atoms with E-state index in [0.29, 0.717) is 32.8 Å². The van der Waals surface area contributed by atoms with Gasteiger partial charge in [0.2, 0.25) is 6.33 Å². The minimum absolute atomic E-state index is 0.0622. The van der Waals surface area contributed by atoms with E-state index in [4.69, 9.17) is 4.52 Å². The topological polar surface area (TPSA) is 68.8 Å². The molecule has 0 saturated heterocycles. The molecule has 0 saturated carbocycles. The summed E-state index contributed by atoms with van der Waals surface area (Å²) in [7, 11) is 0. The molecule has 0 spiro atoms. The number of nitrogens with one attached hydrogen (secondary N) is 1. The van der Waals surface area contributed by atoms with Crippen LogP contribution in [0.25, 0.3) is 33.3 Å². The molecule has 5 nitrogen and oxygen atoms in total. The van der Waals surface area contributed by atoms with Gasteiger partial charge in [-0.15, -0.1) is 0 Å². The van der Waals surface area contributed by atoms with E-state index in [1.165, 1.54) is 24.5 Å². The molecule has 1 N–H and O–H groups in total. The first kappa shape index (κ1) is 17.1. The predicted molar refractivity (Wildman–Crippen MR) is 92.7 cm³/mol. The summed E-state index contributed by atoms with van der Waals surface area (Å²) < 4.78 is 46.4. The number of rotatable bonds is 2. The number of halogens is 3. The Hall–Kier alpha value is -3.29. The highest BCUT2D eigenvalue weighted by atomic mass is 19.4. The van der Waals surface area contributed by atoms with Crippen molar-refractivity contribution in [1.29, 1.82) is 0 Å². The highest BCUT2D eigenvalue weighted by Crippen LogP contribution is 2.41. The molecular weight excluding hydrogens is 359 g/mol. The van der Waals surface area contributed by atoms with Gasteiger partial charge in [0, 0.05) is 11.1 Å². The maximum absolute atomic E-state index is 13.5. The highest BCUT2D eigenvalue weighted by molar-refractivity contribution is 5.95. The molecule has 0 atom stereocenters. The molecule has 2 heterocycles. The van der Waals surface area contributed by atoms with Gasteiger partial charge < -0.3 is 9.73 Å². The van der Waals surface area contributed by atoms with Gasteiger partial charge in [-0.2, -0.15) is 13.2 Å². The van der Waals surface area contributed by atoms with Crippen LogP contribution >= 0.6 is 0 Å². The van der Waals surface area contributed by atoms with E-state index in [0.717, 1.165) is 6.07 Å². The molecule has 4 aromatic rings. The average Bonchev–Trinajstić information content (AvgIpc) is 3.16. The van der Waals surface area contributed by atoms with Crippen molar-refractivity contribution in [1.82, 2.24) is 10.1 Å². The van der Waals surface area contributed by atoms with Gasteiger partial charge in [0.15, 0.2) is 11.0 Å². The molecule has 0 aliphatic rings. The number of H-pyrrole nitrogens is 1. The van der Waals surface area contributed by atoms with Crippen LogP contribution in [0.1, 0.15) is 17.0 Å². The summed E-state index contributed by atoms with van der Waals surface area (Å²) in [5.74, 6) is 0.545. The number of imidazole rings is 1. The lowest BCUT2D eigenvalue weighted by Gasteiger charge is -2.14. The van der Waals surface area contributed by atoms with Crippen molar-refractivity contribution in [2.24, 2.45) is 0 Å². The average molecular weight is 373 g/mol. The zero-order chi connectivity index (χ0) is 19.3. The summed E-state index contributed by atoms with van der Waals surface area (Å²) in [5, 5.41) is 16.1. The van der Waals surface area contributed by atoms with Crippen LogP contribution in [0.2, 0.25) is 0 Å². The van der Waals surface area contributed by atoms with Gasteiger partial charge in [-0.05, 0) is 43.2 Å². The van der Waals surface area contributed by atoms with E-state index in [1.807, 2.05) is 0 Å². The Balaban J connectivity index is 2.09. The molecule has 0 bridgehead atoms. The number of alkyl halides is 3. The van der Waals surface area contributed by atoms with E-state index >= 15 is 0 Å². The Bertz CT molecular complexity index is 1140. The van der Waals surface area contributed by atoms with Crippen LogP contribution in [0, 0.1) is 19.1 Å². The third-order valence-corrected chi connectivity index (χ3v) is 4.51. The molecule has 138 valence electrons. The van der Waals surface area contributed by atoms with Gasteiger partial charge in [-0.25, -0.2) is 9.71 Å². The van der Waals surface area contributed by atoms with E-state index < -0.39 is 11.7 Å². The molecule has 4 rings (SSSR count). The fourth-order valence-corrected chi connectivity index (χ4v) is 3.38. The molecule has 0 aliphatic carbocycles. The quantitative estimate of drug-likeness (QED) is 0.407. The summed E-state index contributed by atoms with van der Waals surface area (Å²) in [6.07, 6.45) is -3.38. The molecule has 8 heteroatoms. The van der Waals surface area contributed by atoms with Crippen LogP contribution < -0.4 is 4.73 Å². The summed E-state index contributed by atoms with van der Waals surface area (Å²) in [6.45, 7) is 3.48. The monoisotopic (exact) mass is 373 g/mol. The Labute approximate surface area is 151 Å². The number of aromatic amines is 1. The van der Waals surface area contributed by atoms with Crippen molar-refractivity contribution >= 4 is 11.0 Å². The van der Waals surface area contributed by atoms with Crippen molar-refractivity contribution < 1.29 is 22.4 Å². The van der Waals surface area contributed by atoms with Crippen LogP contribution in [0.5, 0.6) is 0 Å². The van der Waals surface area contributed by atoms with E-state index in [1.54, 1.807) is 26.0 Å². The van der Waals surface area contributed by atoms with Gasteiger partial charge in [-0.1, -0.05) is 23.4 Å². The number of nitrogens with zero attached hydrogens (tertiary/aromatic N) is 2. The Kier molecular flexibility index (Phi) is 3.73. The highest BCUT2D eigenvalue weighted by Gasteiger charge is 2.34. The van der Waals surface area contributed by atoms with Crippen molar-refractivity contribution in [2.45, 2.75) is 20.0 Å². The van der Waals surface area contributed by atoms with Gasteiger partial charge in [0.1, 0.15) is 5.76 Å². The van der Waals surface area contributed by atoms with Crippen LogP contribution in [-0.2, 0) is 6.18 Å². The van der Waals surface area contributed by atoms with Crippen LogP contribution in [0.3, 0.4) is 0 Å². The number of hydrogen-bond acceptors (Lipinski definition) is 3. The van der Waals surface area contributed by atoms with E-state index in [9.17, 15) is 18.4 Å². The third-order valence-electron chi connectivity index (χ3n) is 4.51. The van der Waals surface area contributed by atoms with Gasteiger partial charge in [-0.3, -0.25) is 0 Å². The largest absolute Gasteiger partial charge is 0.710 e. The van der Waals surface area contributed by atoms with E-state index in [-0.39, 0.29) is 16.6 Å². The van der Waals surface area contributed by atoms with Crippen LogP contribution in [0.15, 0.2) is 47.2 Å². The van der Waals surface area contributed by atoms with Gasteiger partial charge in [0.25, 0.3) is 0 Å². The van der Waals surface area contributed by atoms with Gasteiger partial charge in [0.05, 0.1) is 11.3 Å². The number of aromatic nitrogens is 3. The second-order valence-corrected chi connectivity index (χ2v) is 6.26. The fraction of sp³-hybridized carbons (Fsp3) is 0.158. The molecular formula is C19H14F3N3O2. The Morgan fingerprint density at radius 3 is 2.52 bits per heavy atom. The van der Waals surface area contributed by atoms with Crippen molar-refractivity contribution in [3.63, 3.8) is 0 Å². The molecule has 2 aromatic carbocycles. The molecule has 2 aromatic heterocycles. The van der Waals surface area contributed by atoms with Gasteiger partial charge >= 0.3 is 6.18 Å². The van der Waals surface area contributed by atoms with Crippen LogP contribution in [0.4, 0.5) is 13.2 Å². The lowest BCUT2D eigenvalue weighted by molar-refractivity contribution is -0.576. The summed E-state index contributed by atoms with van der Waals surface area (Å²) in [4.78, 5) is 2.82. The van der Waals surface area contributed by atoms with Crippen molar-refractivity contribution in [2.75, 3.05) is 0 Å². The lowest BCUT2D eigenvalue weighted by atomic mass is 9.93. The zero-order valence-electron chi connectivity index (χ0n) is 14.4. The third kappa shape index (κ3) is 2.73. The first-order valence-corrected chi connectivity index (χ1v) is 8.11. The molecule has 0 aliphatic heterocycles. The molecule has 0 radical (unpaired) electrons. The number of aryl methyl sites for hydroxylation is 2. The van der Waals surface area contributed by atoms with Crippen LogP contribution in [-0.4, -0.2) is 10.1 Å². The smallest absolute Gasteiger partial charge is 0.417 e. The predicted octanol–water partition coefficient (Wildman–Crippen LogP) is 4.76. The Morgan fingerprint density at radius 2 is 1.85 bits per heavy atom. The summed E-state index contributed by atoms with van der Waals surface area (Å²) >= 11 is 0. The zero-order valence-corrected chi connectivity index (χ0v) is 14.4. The first-order chi connectivity index (χ1) is 12.8. The molecule has 0 unspecified atom stereocenters. The normalized spacial score (nSPS) is 12.0. The summed E-state index contributed by atoms with van der Waals surface area (Å²) in [6, 6.07) is 8.48. The minimum Gasteiger partial charge on any atom is -0.710 e. The van der Waals surface area contributed by atoms with Crippen molar-refractivity contribution in [3.05, 3.63) is 65.0 Å². The second-order valence-electron chi connectivity index (χ2n) is 6.26. The molecule has 27 heavy (non-hydrogen) atoms. The first-order valence-electron chi connectivity index (χ1n) is 8.11. The number of benzene rings is 2. The molecule has 0 fully saturated rings. The minimum atomic E-state index is -4.55. The molecule has 0 amide bonds. The Morgan fingerprint density at radius 1 is 1.11 bits per heavy atom. The van der Waals surface area contributed by atoms with E-state index in [2.05, 4.69) is 10.1 Å². The second kappa shape index (κ2) is 5.87.